The Bertz CT molecular complexity index is 1140. The van der Waals surface area contributed by atoms with E-state index in [4.69, 9.17) is 11.6 Å². The van der Waals surface area contributed by atoms with Crippen LogP contribution in [0, 0.1) is 5.82 Å². The summed E-state index contributed by atoms with van der Waals surface area (Å²) < 4.78 is 39.8. The van der Waals surface area contributed by atoms with Crippen LogP contribution in [0.25, 0.3) is 0 Å². The number of carbonyl (C=O) groups excluding carboxylic acids is 2. The number of rotatable bonds is 10. The van der Waals surface area contributed by atoms with Crippen molar-refractivity contribution in [2.45, 2.75) is 57.7 Å². The summed E-state index contributed by atoms with van der Waals surface area (Å²) in [6.07, 6.45) is 5.19. The van der Waals surface area contributed by atoms with E-state index in [0.717, 1.165) is 47.9 Å². The lowest BCUT2D eigenvalue weighted by molar-refractivity contribution is -0.140. The van der Waals surface area contributed by atoms with E-state index in [2.05, 4.69) is 5.32 Å². The monoisotopic (exact) mass is 523 g/mol. The van der Waals surface area contributed by atoms with Crippen LogP contribution < -0.4 is 9.62 Å². The van der Waals surface area contributed by atoms with Crippen LogP contribution >= 0.6 is 11.6 Å². The van der Waals surface area contributed by atoms with Gasteiger partial charge in [0.15, 0.2) is 0 Å². The van der Waals surface area contributed by atoms with Gasteiger partial charge < -0.3 is 10.2 Å². The molecule has 2 aromatic rings. The van der Waals surface area contributed by atoms with Gasteiger partial charge in [-0.15, -0.1) is 0 Å². The van der Waals surface area contributed by atoms with Crippen LogP contribution in [0.4, 0.5) is 10.1 Å². The SMILES string of the molecule is CCC(C(=O)NC1CCCC1)N(Cc1ccc(Cl)cc1)C(=O)CN(c1cccc(F)c1)S(C)(=O)=O. The van der Waals surface area contributed by atoms with E-state index in [0.29, 0.717) is 11.4 Å². The fourth-order valence-corrected chi connectivity index (χ4v) is 5.29. The van der Waals surface area contributed by atoms with E-state index in [1.165, 1.54) is 23.1 Å². The van der Waals surface area contributed by atoms with Gasteiger partial charge in [0.05, 0.1) is 11.9 Å². The van der Waals surface area contributed by atoms with Crippen molar-refractivity contribution in [2.24, 2.45) is 0 Å². The summed E-state index contributed by atoms with van der Waals surface area (Å²) in [6, 6.07) is 11.2. The fourth-order valence-electron chi connectivity index (χ4n) is 4.32. The van der Waals surface area contributed by atoms with Gasteiger partial charge in [0.2, 0.25) is 21.8 Å². The van der Waals surface area contributed by atoms with Gasteiger partial charge in [-0.25, -0.2) is 12.8 Å². The first-order valence-corrected chi connectivity index (χ1v) is 13.9. The second-order valence-corrected chi connectivity index (χ2v) is 11.2. The van der Waals surface area contributed by atoms with Crippen LogP contribution in [0.15, 0.2) is 48.5 Å². The first-order chi connectivity index (χ1) is 16.6. The summed E-state index contributed by atoms with van der Waals surface area (Å²) in [7, 11) is -3.91. The molecule has 3 rings (SSSR count). The number of nitrogens with zero attached hydrogens (tertiary/aromatic N) is 2. The maximum Gasteiger partial charge on any atom is 0.244 e. The maximum absolute atomic E-state index is 13.8. The summed E-state index contributed by atoms with van der Waals surface area (Å²) in [5.41, 5.74) is 0.780. The molecule has 0 saturated heterocycles. The highest BCUT2D eigenvalue weighted by atomic mass is 35.5. The third-order valence-corrected chi connectivity index (χ3v) is 7.52. The minimum absolute atomic E-state index is 0.0377. The minimum Gasteiger partial charge on any atom is -0.352 e. The second kappa shape index (κ2) is 11.9. The standard InChI is InChI=1S/C25H31ClFN3O4S/c1-3-23(25(32)28-21-8-4-5-9-21)29(16-18-11-13-19(26)14-12-18)24(31)17-30(35(2,33)34)22-10-6-7-20(27)15-22/h6-7,10-15,21,23H,3-5,8-9,16-17H2,1-2H3,(H,28,32). The van der Waals surface area contributed by atoms with Gasteiger partial charge in [0, 0.05) is 17.6 Å². The normalized spacial score (nSPS) is 15.0. The molecular formula is C25H31ClFN3O4S. The lowest BCUT2D eigenvalue weighted by atomic mass is 10.1. The summed E-state index contributed by atoms with van der Waals surface area (Å²) >= 11 is 6.00. The Kier molecular flexibility index (Phi) is 9.13. The Labute approximate surface area is 211 Å². The molecule has 1 fully saturated rings. The number of sulfonamides is 1. The summed E-state index contributed by atoms with van der Waals surface area (Å²) in [6.45, 7) is 1.33. The van der Waals surface area contributed by atoms with Gasteiger partial charge in [-0.05, 0) is 55.2 Å². The molecule has 0 aromatic heterocycles. The molecule has 0 aliphatic heterocycles. The van der Waals surface area contributed by atoms with Crippen LogP contribution in [-0.4, -0.2) is 50.0 Å². The summed E-state index contributed by atoms with van der Waals surface area (Å²) in [5, 5.41) is 3.58. The fraction of sp³-hybridized carbons (Fsp3) is 0.440. The molecular weight excluding hydrogens is 493 g/mol. The molecule has 1 aliphatic carbocycles. The van der Waals surface area contributed by atoms with Gasteiger partial charge in [-0.2, -0.15) is 0 Å². The lowest BCUT2D eigenvalue weighted by Crippen LogP contribution is -2.53. The predicted molar refractivity (Wildman–Crippen MR) is 135 cm³/mol. The minimum atomic E-state index is -3.91. The molecule has 190 valence electrons. The number of amides is 2. The van der Waals surface area contributed by atoms with E-state index in [1.807, 2.05) is 6.92 Å². The molecule has 35 heavy (non-hydrogen) atoms. The van der Waals surface area contributed by atoms with Crippen molar-refractivity contribution in [3.63, 3.8) is 0 Å². The highest BCUT2D eigenvalue weighted by Crippen LogP contribution is 2.22. The summed E-state index contributed by atoms with van der Waals surface area (Å²) in [4.78, 5) is 28.2. The second-order valence-electron chi connectivity index (χ2n) is 8.81. The van der Waals surface area contributed by atoms with Crippen molar-refractivity contribution in [3.05, 3.63) is 64.9 Å². The van der Waals surface area contributed by atoms with Crippen LogP contribution in [-0.2, 0) is 26.2 Å². The van der Waals surface area contributed by atoms with Crippen LogP contribution in [0.3, 0.4) is 0 Å². The van der Waals surface area contributed by atoms with Crippen LogP contribution in [0.1, 0.15) is 44.6 Å². The zero-order valence-electron chi connectivity index (χ0n) is 19.9. The molecule has 1 unspecified atom stereocenters. The average molecular weight is 524 g/mol. The maximum atomic E-state index is 13.8. The number of nitrogens with one attached hydrogen (secondary N) is 1. The smallest absolute Gasteiger partial charge is 0.244 e. The molecule has 1 saturated carbocycles. The van der Waals surface area contributed by atoms with Crippen LogP contribution in [0.5, 0.6) is 0 Å². The van der Waals surface area contributed by atoms with Crippen LogP contribution in [0.2, 0.25) is 5.02 Å². The topological polar surface area (TPSA) is 86.8 Å². The molecule has 0 heterocycles. The van der Waals surface area contributed by atoms with Crippen molar-refractivity contribution >= 4 is 39.1 Å². The molecule has 1 aliphatic rings. The zero-order chi connectivity index (χ0) is 25.6. The van der Waals surface area contributed by atoms with E-state index in [9.17, 15) is 22.4 Å². The average Bonchev–Trinajstić information content (AvgIpc) is 3.30. The third-order valence-electron chi connectivity index (χ3n) is 6.13. The Morgan fingerprint density at radius 3 is 2.37 bits per heavy atom. The first-order valence-electron chi connectivity index (χ1n) is 11.7. The third kappa shape index (κ3) is 7.41. The molecule has 2 aromatic carbocycles. The predicted octanol–water partition coefficient (Wildman–Crippen LogP) is 4.11. The molecule has 0 radical (unpaired) electrons. The number of benzene rings is 2. The Morgan fingerprint density at radius 2 is 1.80 bits per heavy atom. The van der Waals surface area contributed by atoms with E-state index < -0.39 is 34.3 Å². The molecule has 7 nitrogen and oxygen atoms in total. The van der Waals surface area contributed by atoms with E-state index in [1.54, 1.807) is 24.3 Å². The highest BCUT2D eigenvalue weighted by Gasteiger charge is 2.33. The summed E-state index contributed by atoms with van der Waals surface area (Å²) in [5.74, 6) is -1.45. The van der Waals surface area contributed by atoms with Crippen molar-refractivity contribution in [1.82, 2.24) is 10.2 Å². The van der Waals surface area contributed by atoms with Crippen molar-refractivity contribution in [1.29, 1.82) is 0 Å². The van der Waals surface area contributed by atoms with Gasteiger partial charge in [0.25, 0.3) is 0 Å². The number of hydrogen-bond acceptors (Lipinski definition) is 4. The van der Waals surface area contributed by atoms with Crippen molar-refractivity contribution in [3.8, 4) is 0 Å². The Balaban J connectivity index is 1.91. The molecule has 0 bridgehead atoms. The molecule has 2 amide bonds. The molecule has 1 atom stereocenters. The number of halogens is 2. The number of anilines is 1. The van der Waals surface area contributed by atoms with Crippen molar-refractivity contribution in [2.75, 3.05) is 17.1 Å². The van der Waals surface area contributed by atoms with Gasteiger partial charge in [-0.1, -0.05) is 49.6 Å². The quantitative estimate of drug-likeness (QED) is 0.507. The van der Waals surface area contributed by atoms with Gasteiger partial charge >= 0.3 is 0 Å². The first kappa shape index (κ1) is 26.9. The van der Waals surface area contributed by atoms with Crippen molar-refractivity contribution < 1.29 is 22.4 Å². The Morgan fingerprint density at radius 1 is 1.14 bits per heavy atom. The molecule has 10 heteroatoms. The molecule has 1 N–H and O–H groups in total. The van der Waals surface area contributed by atoms with E-state index >= 15 is 0 Å². The largest absolute Gasteiger partial charge is 0.352 e. The van der Waals surface area contributed by atoms with Gasteiger partial charge in [0.1, 0.15) is 18.4 Å². The molecule has 0 spiro atoms. The number of carbonyl (C=O) groups is 2. The van der Waals surface area contributed by atoms with Gasteiger partial charge in [-0.3, -0.25) is 13.9 Å². The van der Waals surface area contributed by atoms with E-state index in [-0.39, 0.29) is 24.2 Å². The Hall–Kier alpha value is -2.65. The zero-order valence-corrected chi connectivity index (χ0v) is 21.5. The number of hydrogen-bond donors (Lipinski definition) is 1. The lowest BCUT2D eigenvalue weighted by Gasteiger charge is -2.33. The highest BCUT2D eigenvalue weighted by molar-refractivity contribution is 7.92.